The molecule has 0 N–H and O–H groups in total. The molecule has 0 spiro atoms. The van der Waals surface area contributed by atoms with Crippen molar-refractivity contribution in [2.45, 2.75) is 39.7 Å². The van der Waals surface area contributed by atoms with Crippen LogP contribution in [0.25, 0.3) is 0 Å². The van der Waals surface area contributed by atoms with Crippen molar-refractivity contribution in [3.8, 4) is 0 Å². The Hall–Kier alpha value is -0.660. The minimum absolute atomic E-state index is 0.0799. The van der Waals surface area contributed by atoms with Crippen molar-refractivity contribution in [2.75, 3.05) is 0 Å². The van der Waals surface area contributed by atoms with Crippen molar-refractivity contribution in [2.24, 2.45) is 17.0 Å². The summed E-state index contributed by atoms with van der Waals surface area (Å²) in [6, 6.07) is -0.0799. The highest BCUT2D eigenvalue weighted by molar-refractivity contribution is 5.13. The van der Waals surface area contributed by atoms with Crippen molar-refractivity contribution in [1.82, 2.24) is 0 Å². The molecule has 1 rings (SSSR count). The van der Waals surface area contributed by atoms with Gasteiger partial charge in [-0.2, -0.15) is 4.91 Å². The maximum atomic E-state index is 10.5. The van der Waals surface area contributed by atoms with Gasteiger partial charge in [0.25, 0.3) is 0 Å². The highest BCUT2D eigenvalue weighted by Gasteiger charge is 2.26. The molecule has 0 aromatic carbocycles. The van der Waals surface area contributed by atoms with Crippen molar-refractivity contribution < 1.29 is 0 Å². The molecule has 1 aliphatic rings. The van der Waals surface area contributed by atoms with E-state index in [0.717, 1.165) is 12.8 Å². The molecule has 2 nitrogen and oxygen atoms in total. The predicted molar refractivity (Wildman–Crippen MR) is 50.9 cm³/mol. The van der Waals surface area contributed by atoms with Crippen LogP contribution < -0.4 is 0 Å². The van der Waals surface area contributed by atoms with Crippen LogP contribution in [0.4, 0.5) is 0 Å². The second-order valence-corrected chi connectivity index (χ2v) is 3.81. The highest BCUT2D eigenvalue weighted by atomic mass is 16.3. The van der Waals surface area contributed by atoms with Crippen LogP contribution in [0.15, 0.2) is 16.8 Å². The van der Waals surface area contributed by atoms with Crippen LogP contribution in [0, 0.1) is 16.7 Å². The van der Waals surface area contributed by atoms with Crippen LogP contribution in [-0.2, 0) is 0 Å². The molecule has 0 radical (unpaired) electrons. The van der Waals surface area contributed by atoms with Crippen molar-refractivity contribution in [3.05, 3.63) is 16.6 Å². The summed E-state index contributed by atoms with van der Waals surface area (Å²) >= 11 is 0. The fourth-order valence-electron chi connectivity index (χ4n) is 1.79. The van der Waals surface area contributed by atoms with E-state index in [9.17, 15) is 4.91 Å². The van der Waals surface area contributed by atoms with E-state index in [1.807, 2.05) is 0 Å². The summed E-state index contributed by atoms with van der Waals surface area (Å²) in [6.45, 7) is 6.45. The lowest BCUT2D eigenvalue weighted by Crippen LogP contribution is -2.25. The van der Waals surface area contributed by atoms with E-state index in [-0.39, 0.29) is 6.04 Å². The first kappa shape index (κ1) is 9.43. The Balaban J connectivity index is 2.78. The number of nitrogens with zero attached hydrogens (tertiary/aromatic N) is 1. The second-order valence-electron chi connectivity index (χ2n) is 3.81. The van der Waals surface area contributed by atoms with Gasteiger partial charge >= 0.3 is 0 Å². The van der Waals surface area contributed by atoms with Gasteiger partial charge in [0.05, 0.1) is 0 Å². The summed E-state index contributed by atoms with van der Waals surface area (Å²) in [5.74, 6) is 1.02. The molecule has 3 unspecified atom stereocenters. The van der Waals surface area contributed by atoms with Crippen molar-refractivity contribution in [3.63, 3.8) is 0 Å². The minimum atomic E-state index is -0.0799. The van der Waals surface area contributed by atoms with Gasteiger partial charge in [0, 0.05) is 0 Å². The topological polar surface area (TPSA) is 29.4 Å². The average molecular weight is 167 g/mol. The van der Waals surface area contributed by atoms with E-state index in [4.69, 9.17) is 0 Å². The van der Waals surface area contributed by atoms with Crippen LogP contribution in [0.3, 0.4) is 0 Å². The lowest BCUT2D eigenvalue weighted by Gasteiger charge is -2.28. The maximum absolute atomic E-state index is 10.5. The Labute approximate surface area is 74.0 Å². The lowest BCUT2D eigenvalue weighted by molar-refractivity contribution is 0.332. The molecule has 2 heteroatoms. The fourth-order valence-corrected chi connectivity index (χ4v) is 1.79. The lowest BCUT2D eigenvalue weighted by atomic mass is 9.78. The molecule has 0 saturated carbocycles. The van der Waals surface area contributed by atoms with E-state index >= 15 is 0 Å². The zero-order valence-corrected chi connectivity index (χ0v) is 8.08. The largest absolute Gasteiger partial charge is 0.150 e. The van der Waals surface area contributed by atoms with E-state index in [2.05, 4.69) is 32.0 Å². The Bertz CT molecular complexity index is 198. The zero-order chi connectivity index (χ0) is 9.14. The number of hydrogen-bond donors (Lipinski definition) is 0. The molecule has 0 amide bonds. The van der Waals surface area contributed by atoms with Gasteiger partial charge in [0.15, 0.2) is 0 Å². The van der Waals surface area contributed by atoms with Gasteiger partial charge in [-0.3, -0.25) is 0 Å². The first-order valence-corrected chi connectivity index (χ1v) is 4.71. The maximum Gasteiger partial charge on any atom is 0.113 e. The van der Waals surface area contributed by atoms with Gasteiger partial charge in [0.2, 0.25) is 0 Å². The molecule has 0 aromatic rings. The van der Waals surface area contributed by atoms with E-state index in [0.29, 0.717) is 11.8 Å². The van der Waals surface area contributed by atoms with Crippen LogP contribution in [0.2, 0.25) is 0 Å². The van der Waals surface area contributed by atoms with E-state index in [1.165, 1.54) is 5.57 Å². The van der Waals surface area contributed by atoms with Gasteiger partial charge in [-0.15, -0.1) is 0 Å². The van der Waals surface area contributed by atoms with Crippen molar-refractivity contribution in [1.29, 1.82) is 0 Å². The zero-order valence-electron chi connectivity index (χ0n) is 8.08. The summed E-state index contributed by atoms with van der Waals surface area (Å²) in [6.07, 6.45) is 4.25. The van der Waals surface area contributed by atoms with Crippen LogP contribution in [0.5, 0.6) is 0 Å². The van der Waals surface area contributed by atoms with Crippen LogP contribution in [-0.4, -0.2) is 6.04 Å². The summed E-state index contributed by atoms with van der Waals surface area (Å²) in [4.78, 5) is 10.5. The average Bonchev–Trinajstić information content (AvgIpc) is 2.09. The molecule has 0 fully saturated rings. The number of hydrogen-bond acceptors (Lipinski definition) is 2. The monoisotopic (exact) mass is 167 g/mol. The van der Waals surface area contributed by atoms with Gasteiger partial charge < -0.3 is 0 Å². The second kappa shape index (κ2) is 3.83. The number of allylic oxidation sites excluding steroid dienone is 1. The first-order valence-electron chi connectivity index (χ1n) is 4.71. The quantitative estimate of drug-likeness (QED) is 0.459. The van der Waals surface area contributed by atoms with Crippen LogP contribution >= 0.6 is 0 Å². The van der Waals surface area contributed by atoms with Gasteiger partial charge in [0.1, 0.15) is 6.04 Å². The first-order chi connectivity index (χ1) is 5.69. The smallest absolute Gasteiger partial charge is 0.113 e. The molecule has 0 saturated heterocycles. The Morgan fingerprint density at radius 1 is 1.58 bits per heavy atom. The highest BCUT2D eigenvalue weighted by Crippen LogP contribution is 2.31. The molecule has 0 bridgehead atoms. The Morgan fingerprint density at radius 2 is 2.25 bits per heavy atom. The third kappa shape index (κ3) is 1.74. The molecule has 0 heterocycles. The molecule has 12 heavy (non-hydrogen) atoms. The normalized spacial score (nSPS) is 35.9. The number of rotatable bonds is 2. The van der Waals surface area contributed by atoms with Crippen molar-refractivity contribution >= 4 is 0 Å². The standard InChI is InChI=1S/C10H17NO/c1-4-9-5-7(2)8(3)10(6-9)11-12/h6-8,10H,4-5H2,1-3H3. The summed E-state index contributed by atoms with van der Waals surface area (Å²) in [5.41, 5.74) is 1.39. The minimum Gasteiger partial charge on any atom is -0.150 e. The van der Waals surface area contributed by atoms with E-state index in [1.54, 1.807) is 0 Å². The summed E-state index contributed by atoms with van der Waals surface area (Å²) in [7, 11) is 0. The third-order valence-electron chi connectivity index (χ3n) is 3.00. The van der Waals surface area contributed by atoms with Crippen LogP contribution in [0.1, 0.15) is 33.6 Å². The molecular formula is C10H17NO. The SMILES string of the molecule is CCC1=CC(N=O)C(C)C(C)C1. The molecular weight excluding hydrogens is 150 g/mol. The molecule has 0 aliphatic heterocycles. The molecule has 68 valence electrons. The molecule has 0 aromatic heterocycles. The van der Waals surface area contributed by atoms with E-state index < -0.39 is 0 Å². The Morgan fingerprint density at radius 3 is 2.75 bits per heavy atom. The molecule has 3 atom stereocenters. The third-order valence-corrected chi connectivity index (χ3v) is 3.00. The number of nitroso groups, excluding NO2 is 1. The van der Waals surface area contributed by atoms with Gasteiger partial charge in [-0.1, -0.05) is 37.6 Å². The molecule has 1 aliphatic carbocycles. The summed E-state index contributed by atoms with van der Waals surface area (Å²) in [5, 5.41) is 3.15. The Kier molecular flexibility index (Phi) is 3.01. The summed E-state index contributed by atoms with van der Waals surface area (Å²) < 4.78 is 0. The predicted octanol–water partition coefficient (Wildman–Crippen LogP) is 3.13. The van der Waals surface area contributed by atoms with Gasteiger partial charge in [-0.25, -0.2) is 0 Å². The fraction of sp³-hybridized carbons (Fsp3) is 0.800. The van der Waals surface area contributed by atoms with Gasteiger partial charge in [-0.05, 0) is 24.7 Å².